The van der Waals surface area contributed by atoms with E-state index in [-0.39, 0.29) is 6.10 Å². The zero-order valence-electron chi connectivity index (χ0n) is 12.3. The molecule has 0 aliphatic carbocycles. The van der Waals surface area contributed by atoms with Crippen LogP contribution < -0.4 is 0 Å². The normalized spacial score (nSPS) is 12.9. The maximum Gasteiger partial charge on any atom is 0.102 e. The van der Waals surface area contributed by atoms with Crippen LogP contribution in [0.5, 0.6) is 0 Å². The third kappa shape index (κ3) is 6.71. The third-order valence-electron chi connectivity index (χ3n) is 2.86. The fourth-order valence-corrected chi connectivity index (χ4v) is 1.83. The van der Waals surface area contributed by atoms with E-state index in [0.717, 1.165) is 18.4 Å². The molecule has 0 radical (unpaired) electrons. The molecule has 0 aliphatic rings. The number of hydrogen-bond acceptors (Lipinski definition) is 3. The number of aliphatic hydroxyl groups is 1. The summed E-state index contributed by atoms with van der Waals surface area (Å²) >= 11 is 0. The largest absolute Gasteiger partial charge is 0.386 e. The van der Waals surface area contributed by atoms with Crippen LogP contribution in [0.3, 0.4) is 0 Å². The molecule has 1 atom stereocenters. The van der Waals surface area contributed by atoms with Gasteiger partial charge in [0.2, 0.25) is 0 Å². The molecule has 0 spiro atoms. The quantitative estimate of drug-likeness (QED) is 0.698. The average molecular weight is 266 g/mol. The zero-order valence-corrected chi connectivity index (χ0v) is 12.3. The van der Waals surface area contributed by atoms with Crippen LogP contribution in [0.25, 0.3) is 0 Å². The molecule has 0 bridgehead atoms. The van der Waals surface area contributed by atoms with Crippen molar-refractivity contribution >= 4 is 0 Å². The van der Waals surface area contributed by atoms with Crippen LogP contribution in [0.2, 0.25) is 0 Å². The Bertz CT molecular complexity index is 332. The van der Waals surface area contributed by atoms with Crippen LogP contribution >= 0.6 is 0 Å². The molecule has 1 aromatic rings. The summed E-state index contributed by atoms with van der Waals surface area (Å²) in [5.74, 6) is 0. The highest BCUT2D eigenvalue weighted by atomic mass is 16.5. The molecule has 1 N–H and O–H groups in total. The molecule has 0 heterocycles. The molecule has 108 valence electrons. The molecular formula is C16H26O3. The van der Waals surface area contributed by atoms with Crippen molar-refractivity contribution in [3.05, 3.63) is 35.4 Å². The smallest absolute Gasteiger partial charge is 0.102 e. The lowest BCUT2D eigenvalue weighted by Gasteiger charge is -2.13. The van der Waals surface area contributed by atoms with Crippen molar-refractivity contribution in [2.75, 3.05) is 19.8 Å². The molecule has 1 rings (SSSR count). The van der Waals surface area contributed by atoms with Gasteiger partial charge in [0, 0.05) is 0 Å². The second-order valence-corrected chi connectivity index (χ2v) is 5.00. The predicted octanol–water partition coefficient (Wildman–Crippen LogP) is 3.11. The molecular weight excluding hydrogens is 240 g/mol. The molecule has 3 nitrogen and oxygen atoms in total. The van der Waals surface area contributed by atoms with E-state index in [0.29, 0.717) is 19.8 Å². The van der Waals surface area contributed by atoms with E-state index in [1.807, 2.05) is 26.0 Å². The lowest BCUT2D eigenvalue weighted by Crippen LogP contribution is -2.13. The van der Waals surface area contributed by atoms with E-state index < -0.39 is 6.10 Å². The van der Waals surface area contributed by atoms with Gasteiger partial charge in [0.25, 0.3) is 0 Å². The van der Waals surface area contributed by atoms with Crippen molar-refractivity contribution in [2.24, 2.45) is 0 Å². The summed E-state index contributed by atoms with van der Waals surface area (Å²) in [5, 5.41) is 9.98. The summed E-state index contributed by atoms with van der Waals surface area (Å²) in [6.45, 7) is 7.55. The van der Waals surface area contributed by atoms with Crippen molar-refractivity contribution in [1.29, 1.82) is 0 Å². The van der Waals surface area contributed by atoms with Gasteiger partial charge < -0.3 is 14.6 Å². The summed E-state index contributed by atoms with van der Waals surface area (Å²) in [5.41, 5.74) is 2.22. The summed E-state index contributed by atoms with van der Waals surface area (Å²) in [4.78, 5) is 0. The Kier molecular flexibility index (Phi) is 7.72. The van der Waals surface area contributed by atoms with Crippen LogP contribution in [-0.2, 0) is 15.9 Å². The molecule has 0 fully saturated rings. The Morgan fingerprint density at radius 3 is 2.37 bits per heavy atom. The number of hydrogen-bond donors (Lipinski definition) is 1. The van der Waals surface area contributed by atoms with Gasteiger partial charge in [0.15, 0.2) is 0 Å². The number of ether oxygens (including phenoxy) is 2. The first-order valence-corrected chi connectivity index (χ1v) is 7.09. The molecule has 0 saturated carbocycles. The lowest BCUT2D eigenvalue weighted by atomic mass is 10.0. The van der Waals surface area contributed by atoms with Gasteiger partial charge >= 0.3 is 0 Å². The van der Waals surface area contributed by atoms with E-state index in [2.05, 4.69) is 19.1 Å². The standard InChI is InChI=1S/C16H26O3/c1-4-5-14-6-8-15(9-7-14)16(17)12-18-10-11-19-13(2)3/h6-9,13,16-17H,4-5,10-12H2,1-3H3. The van der Waals surface area contributed by atoms with Gasteiger partial charge in [-0.15, -0.1) is 0 Å². The first-order chi connectivity index (χ1) is 9.13. The highest BCUT2D eigenvalue weighted by Crippen LogP contribution is 2.15. The van der Waals surface area contributed by atoms with E-state index in [1.54, 1.807) is 0 Å². The second kappa shape index (κ2) is 9.08. The molecule has 1 unspecified atom stereocenters. The van der Waals surface area contributed by atoms with E-state index in [1.165, 1.54) is 5.56 Å². The second-order valence-electron chi connectivity index (χ2n) is 5.00. The Labute approximate surface area is 116 Å². The molecule has 1 aromatic carbocycles. The fraction of sp³-hybridized carbons (Fsp3) is 0.625. The first-order valence-electron chi connectivity index (χ1n) is 7.09. The Balaban J connectivity index is 2.26. The summed E-state index contributed by atoms with van der Waals surface area (Å²) in [7, 11) is 0. The van der Waals surface area contributed by atoms with E-state index in [9.17, 15) is 5.11 Å². The molecule has 3 heteroatoms. The highest BCUT2D eigenvalue weighted by Gasteiger charge is 2.07. The average Bonchev–Trinajstić information content (AvgIpc) is 2.39. The number of aliphatic hydroxyl groups excluding tert-OH is 1. The van der Waals surface area contributed by atoms with Crippen molar-refractivity contribution < 1.29 is 14.6 Å². The highest BCUT2D eigenvalue weighted by molar-refractivity contribution is 5.24. The van der Waals surface area contributed by atoms with Gasteiger partial charge in [-0.1, -0.05) is 37.6 Å². The molecule has 0 aromatic heterocycles. The van der Waals surface area contributed by atoms with Crippen LogP contribution in [0.4, 0.5) is 0 Å². The maximum absolute atomic E-state index is 9.98. The minimum absolute atomic E-state index is 0.222. The summed E-state index contributed by atoms with van der Waals surface area (Å²) in [6.07, 6.45) is 1.88. The SMILES string of the molecule is CCCc1ccc(C(O)COCCOC(C)C)cc1. The Morgan fingerprint density at radius 1 is 1.11 bits per heavy atom. The number of rotatable bonds is 9. The van der Waals surface area contributed by atoms with Gasteiger partial charge in [-0.25, -0.2) is 0 Å². The van der Waals surface area contributed by atoms with Gasteiger partial charge in [0.05, 0.1) is 25.9 Å². The van der Waals surface area contributed by atoms with Crippen molar-refractivity contribution in [3.8, 4) is 0 Å². The zero-order chi connectivity index (χ0) is 14.1. The van der Waals surface area contributed by atoms with Gasteiger partial charge in [0.1, 0.15) is 6.10 Å². The van der Waals surface area contributed by atoms with Crippen LogP contribution in [-0.4, -0.2) is 31.0 Å². The Hall–Kier alpha value is -0.900. The monoisotopic (exact) mass is 266 g/mol. The van der Waals surface area contributed by atoms with Crippen molar-refractivity contribution in [1.82, 2.24) is 0 Å². The lowest BCUT2D eigenvalue weighted by molar-refractivity contribution is -0.0110. The summed E-state index contributed by atoms with van der Waals surface area (Å²) in [6, 6.07) is 8.10. The minimum atomic E-state index is -0.560. The molecule has 0 amide bonds. The minimum Gasteiger partial charge on any atom is -0.386 e. The molecule has 0 saturated heterocycles. The van der Waals surface area contributed by atoms with Gasteiger partial charge in [-0.2, -0.15) is 0 Å². The van der Waals surface area contributed by atoms with E-state index in [4.69, 9.17) is 9.47 Å². The van der Waals surface area contributed by atoms with Crippen molar-refractivity contribution in [3.63, 3.8) is 0 Å². The first kappa shape index (κ1) is 16.2. The topological polar surface area (TPSA) is 38.7 Å². The van der Waals surface area contributed by atoms with Crippen LogP contribution in [0, 0.1) is 0 Å². The maximum atomic E-state index is 9.98. The molecule has 19 heavy (non-hydrogen) atoms. The Morgan fingerprint density at radius 2 is 1.79 bits per heavy atom. The van der Waals surface area contributed by atoms with Crippen molar-refractivity contribution in [2.45, 2.75) is 45.8 Å². The third-order valence-corrected chi connectivity index (χ3v) is 2.86. The number of aryl methyl sites for hydroxylation is 1. The van der Waals surface area contributed by atoms with Crippen LogP contribution in [0.1, 0.15) is 44.4 Å². The fourth-order valence-electron chi connectivity index (χ4n) is 1.83. The molecule has 0 aliphatic heterocycles. The van der Waals surface area contributed by atoms with Gasteiger partial charge in [-0.3, -0.25) is 0 Å². The summed E-state index contributed by atoms with van der Waals surface area (Å²) < 4.78 is 10.8. The van der Waals surface area contributed by atoms with E-state index >= 15 is 0 Å². The van der Waals surface area contributed by atoms with Gasteiger partial charge in [-0.05, 0) is 31.4 Å². The predicted molar refractivity (Wildman–Crippen MR) is 77.3 cm³/mol. The number of benzene rings is 1. The van der Waals surface area contributed by atoms with Crippen LogP contribution in [0.15, 0.2) is 24.3 Å².